The minimum absolute atomic E-state index is 0.198. The Hall–Kier alpha value is -2.26. The lowest BCUT2D eigenvalue weighted by molar-refractivity contribution is 0.0730. The molecule has 0 atom stereocenters. The Kier molecular flexibility index (Phi) is 7.83. The standard InChI is InChI=1S/C23H31N3O4S/c1-4-19-7-8-20(17-22(19)31(28,29)26-13-15-30-16-14-26)23(27)24-21-9-5-18(6-10-21)11-12-25(2)3/h5-10,17H,4,11-16H2,1-3H3,(H,24,27). The second kappa shape index (κ2) is 10.4. The van der Waals surface area contributed by atoms with Crippen molar-refractivity contribution in [2.24, 2.45) is 0 Å². The highest BCUT2D eigenvalue weighted by molar-refractivity contribution is 7.89. The number of likely N-dealkylation sites (N-methyl/N-ethyl adjacent to an activating group) is 1. The number of hydrogen-bond acceptors (Lipinski definition) is 5. The number of rotatable bonds is 8. The normalized spacial score (nSPS) is 15.2. The van der Waals surface area contributed by atoms with E-state index in [0.29, 0.717) is 49.5 Å². The van der Waals surface area contributed by atoms with Gasteiger partial charge in [-0.05, 0) is 62.3 Å². The molecular weight excluding hydrogens is 414 g/mol. The molecule has 3 rings (SSSR count). The quantitative estimate of drug-likeness (QED) is 0.676. The number of nitrogens with one attached hydrogen (secondary N) is 1. The fourth-order valence-electron chi connectivity index (χ4n) is 3.46. The minimum Gasteiger partial charge on any atom is -0.379 e. The van der Waals surface area contributed by atoms with E-state index in [-0.39, 0.29) is 10.8 Å². The third-order valence-corrected chi connectivity index (χ3v) is 7.34. The summed E-state index contributed by atoms with van der Waals surface area (Å²) in [7, 11) is 0.384. The predicted octanol–water partition coefficient (Wildman–Crippen LogP) is 2.63. The number of carbonyl (C=O) groups excluding carboxylic acids is 1. The zero-order chi connectivity index (χ0) is 22.4. The maximum Gasteiger partial charge on any atom is 0.255 e. The van der Waals surface area contributed by atoms with E-state index < -0.39 is 10.0 Å². The summed E-state index contributed by atoms with van der Waals surface area (Å²) in [6.45, 7) is 4.27. The first-order valence-corrected chi connectivity index (χ1v) is 12.0. The van der Waals surface area contributed by atoms with Gasteiger partial charge in [0.05, 0.1) is 18.1 Å². The summed E-state index contributed by atoms with van der Waals surface area (Å²) in [5.74, 6) is -0.331. The Morgan fingerprint density at radius 1 is 1.10 bits per heavy atom. The van der Waals surface area contributed by atoms with Gasteiger partial charge in [-0.1, -0.05) is 25.1 Å². The summed E-state index contributed by atoms with van der Waals surface area (Å²) >= 11 is 0. The number of hydrogen-bond donors (Lipinski definition) is 1. The van der Waals surface area contributed by atoms with E-state index in [0.717, 1.165) is 13.0 Å². The molecule has 168 valence electrons. The van der Waals surface area contributed by atoms with Crippen LogP contribution in [0.5, 0.6) is 0 Å². The van der Waals surface area contributed by atoms with Crippen molar-refractivity contribution >= 4 is 21.6 Å². The van der Waals surface area contributed by atoms with Crippen LogP contribution in [0, 0.1) is 0 Å². The number of benzene rings is 2. The average Bonchev–Trinajstić information content (AvgIpc) is 2.78. The molecule has 7 nitrogen and oxygen atoms in total. The van der Waals surface area contributed by atoms with Crippen LogP contribution in [0.3, 0.4) is 0 Å². The van der Waals surface area contributed by atoms with Crippen LogP contribution in [0.4, 0.5) is 5.69 Å². The van der Waals surface area contributed by atoms with E-state index in [9.17, 15) is 13.2 Å². The van der Waals surface area contributed by atoms with Gasteiger partial charge in [0.1, 0.15) is 0 Å². The summed E-state index contributed by atoms with van der Waals surface area (Å²) in [5, 5.41) is 2.87. The lowest BCUT2D eigenvalue weighted by atomic mass is 10.1. The van der Waals surface area contributed by atoms with Crippen LogP contribution in [-0.2, 0) is 27.6 Å². The Morgan fingerprint density at radius 2 is 1.77 bits per heavy atom. The molecule has 0 radical (unpaired) electrons. The first-order valence-electron chi connectivity index (χ1n) is 10.6. The van der Waals surface area contributed by atoms with Crippen molar-refractivity contribution < 1.29 is 17.9 Å². The van der Waals surface area contributed by atoms with Crippen LogP contribution in [0.15, 0.2) is 47.4 Å². The molecule has 0 aliphatic carbocycles. The maximum atomic E-state index is 13.2. The Balaban J connectivity index is 1.78. The third-order valence-electron chi connectivity index (χ3n) is 5.36. The lowest BCUT2D eigenvalue weighted by Crippen LogP contribution is -2.41. The number of sulfonamides is 1. The first-order chi connectivity index (χ1) is 14.8. The van der Waals surface area contributed by atoms with E-state index in [1.54, 1.807) is 12.1 Å². The topological polar surface area (TPSA) is 79.0 Å². The molecule has 8 heteroatoms. The smallest absolute Gasteiger partial charge is 0.255 e. The fourth-order valence-corrected chi connectivity index (χ4v) is 5.19. The Bertz CT molecular complexity index is 998. The SMILES string of the molecule is CCc1ccc(C(=O)Nc2ccc(CCN(C)C)cc2)cc1S(=O)(=O)N1CCOCC1. The summed E-state index contributed by atoms with van der Waals surface area (Å²) < 4.78 is 33.1. The number of ether oxygens (including phenoxy) is 1. The zero-order valence-electron chi connectivity index (χ0n) is 18.4. The number of anilines is 1. The summed E-state index contributed by atoms with van der Waals surface area (Å²) in [6, 6.07) is 12.6. The van der Waals surface area contributed by atoms with Gasteiger partial charge in [-0.2, -0.15) is 4.31 Å². The monoisotopic (exact) mass is 445 g/mol. The summed E-state index contributed by atoms with van der Waals surface area (Å²) in [4.78, 5) is 15.1. The number of nitrogens with zero attached hydrogens (tertiary/aromatic N) is 2. The third kappa shape index (κ3) is 5.92. The van der Waals surface area contributed by atoms with Crippen molar-refractivity contribution in [1.29, 1.82) is 0 Å². The summed E-state index contributed by atoms with van der Waals surface area (Å²) in [5.41, 5.74) is 2.89. The average molecular weight is 446 g/mol. The van der Waals surface area contributed by atoms with E-state index in [4.69, 9.17) is 4.74 Å². The zero-order valence-corrected chi connectivity index (χ0v) is 19.2. The van der Waals surface area contributed by atoms with Crippen molar-refractivity contribution in [1.82, 2.24) is 9.21 Å². The molecule has 0 bridgehead atoms. The van der Waals surface area contributed by atoms with Crippen LogP contribution >= 0.6 is 0 Å². The highest BCUT2D eigenvalue weighted by Gasteiger charge is 2.29. The van der Waals surface area contributed by atoms with Gasteiger partial charge in [0.15, 0.2) is 0 Å². The molecule has 0 unspecified atom stereocenters. The molecule has 1 amide bonds. The van der Waals surface area contributed by atoms with Gasteiger partial charge in [-0.25, -0.2) is 8.42 Å². The number of amides is 1. The Labute approximate surface area is 185 Å². The molecule has 1 aliphatic rings. The highest BCUT2D eigenvalue weighted by atomic mass is 32.2. The fraction of sp³-hybridized carbons (Fsp3) is 0.435. The van der Waals surface area contributed by atoms with E-state index >= 15 is 0 Å². The van der Waals surface area contributed by atoms with E-state index in [1.807, 2.05) is 45.3 Å². The molecule has 1 fully saturated rings. The molecule has 0 saturated carbocycles. The lowest BCUT2D eigenvalue weighted by Gasteiger charge is -2.27. The largest absolute Gasteiger partial charge is 0.379 e. The van der Waals surface area contributed by atoms with Crippen LogP contribution in [-0.4, -0.2) is 70.5 Å². The van der Waals surface area contributed by atoms with Gasteiger partial charge in [0.25, 0.3) is 5.91 Å². The molecular formula is C23H31N3O4S. The van der Waals surface area contributed by atoms with E-state index in [1.165, 1.54) is 15.9 Å². The van der Waals surface area contributed by atoms with Crippen molar-refractivity contribution in [2.45, 2.75) is 24.7 Å². The minimum atomic E-state index is -3.68. The number of morpholine rings is 1. The van der Waals surface area contributed by atoms with Gasteiger partial charge in [-0.15, -0.1) is 0 Å². The summed E-state index contributed by atoms with van der Waals surface area (Å²) in [6.07, 6.45) is 1.50. The Morgan fingerprint density at radius 3 is 2.39 bits per heavy atom. The van der Waals surface area contributed by atoms with Crippen molar-refractivity contribution in [2.75, 3.05) is 52.3 Å². The second-order valence-electron chi connectivity index (χ2n) is 7.90. The van der Waals surface area contributed by atoms with E-state index in [2.05, 4.69) is 10.2 Å². The molecule has 2 aromatic rings. The van der Waals surface area contributed by atoms with Gasteiger partial charge < -0.3 is 15.0 Å². The van der Waals surface area contributed by atoms with Crippen molar-refractivity contribution in [3.63, 3.8) is 0 Å². The molecule has 0 spiro atoms. The molecule has 0 aromatic heterocycles. The maximum absolute atomic E-state index is 13.2. The van der Waals surface area contributed by atoms with Crippen LogP contribution in [0.25, 0.3) is 0 Å². The number of carbonyl (C=O) groups is 1. The van der Waals surface area contributed by atoms with Gasteiger partial charge in [0.2, 0.25) is 10.0 Å². The molecule has 1 N–H and O–H groups in total. The predicted molar refractivity (Wildman–Crippen MR) is 122 cm³/mol. The van der Waals surface area contributed by atoms with Crippen molar-refractivity contribution in [3.8, 4) is 0 Å². The first kappa shape index (κ1) is 23.4. The van der Waals surface area contributed by atoms with Crippen molar-refractivity contribution in [3.05, 3.63) is 59.2 Å². The van der Waals surface area contributed by atoms with Gasteiger partial charge in [-0.3, -0.25) is 4.79 Å². The number of aryl methyl sites for hydroxylation is 1. The van der Waals surface area contributed by atoms with Crippen LogP contribution < -0.4 is 5.32 Å². The van der Waals surface area contributed by atoms with Crippen LogP contribution in [0.1, 0.15) is 28.4 Å². The molecule has 1 aliphatic heterocycles. The van der Waals surface area contributed by atoms with Gasteiger partial charge >= 0.3 is 0 Å². The molecule has 1 heterocycles. The highest BCUT2D eigenvalue weighted by Crippen LogP contribution is 2.24. The second-order valence-corrected chi connectivity index (χ2v) is 9.80. The molecule has 2 aromatic carbocycles. The molecule has 1 saturated heterocycles. The van der Waals surface area contributed by atoms with Gasteiger partial charge in [0, 0.05) is 30.9 Å². The molecule has 31 heavy (non-hydrogen) atoms. The van der Waals surface area contributed by atoms with Crippen LogP contribution in [0.2, 0.25) is 0 Å².